The third kappa shape index (κ3) is 13.2. The summed E-state index contributed by atoms with van der Waals surface area (Å²) in [6.07, 6.45) is 14.2. The van der Waals surface area contributed by atoms with Crippen LogP contribution in [0.2, 0.25) is 0 Å². The first-order valence-electron chi connectivity index (χ1n) is 52.5. The maximum Gasteiger partial charge on any atom is 0.137 e. The van der Waals surface area contributed by atoms with Crippen molar-refractivity contribution in [3.8, 4) is 78.8 Å². The van der Waals surface area contributed by atoms with Gasteiger partial charge in [0.05, 0.1) is 90.0 Å². The van der Waals surface area contributed by atoms with E-state index in [1.54, 1.807) is 0 Å². The van der Waals surface area contributed by atoms with Gasteiger partial charge in [0.15, 0.2) is 0 Å². The molecule has 0 saturated heterocycles. The van der Waals surface area contributed by atoms with E-state index in [4.69, 9.17) is 9.97 Å². The molecule has 2 fully saturated rings. The lowest BCUT2D eigenvalue weighted by atomic mass is 9.82. The molecular weight excluding hydrogens is 1800 g/mol. The molecule has 10 heteroatoms. The van der Waals surface area contributed by atoms with Crippen LogP contribution < -0.4 is 9.80 Å². The normalized spacial score (nSPS) is 15.6. The second kappa shape index (κ2) is 33.6. The highest BCUT2D eigenvalue weighted by molar-refractivity contribution is 6.19. The summed E-state index contributed by atoms with van der Waals surface area (Å²) in [7, 11) is 0. The molecule has 0 spiro atoms. The van der Waals surface area contributed by atoms with E-state index in [1.165, 1.54) is 266 Å². The molecular formula is C138H98N10. The van der Waals surface area contributed by atoms with Crippen molar-refractivity contribution in [2.75, 3.05) is 9.80 Å². The number of aromatic nitrogens is 8. The standard InChI is InChI=1S/C73H45N5.C65H53N5/c1-3-19-54(20-4-1)75-65-25-13-11-23-57(65)59-39-50(27-32-67(59)75)52-29-34-69-61(41-52)63-37-46-15-7-9-17-48(46)43-71(63)77(69)56-31-36-73(74-45-56)78-70-35-30-53(42-62(70)64-38-47-16-8-10-18-49(47)44-72(64)78)51-28-33-68-60(40-51)58-24-12-14-26-66(58)76(68)55-21-5-2-6-22-55;1-3-15-46(16-4-1)67-57-23-11-7-19-49(57)53-37-42(27-32-61(53)67)44-29-34-63-55(39-44)51-21-9-13-25-59(51)69(63)48-31-36-65(66-41-48)70-60-26-14-10-22-52(60)56-40-45(30-35-64(56)70)43-28-33-62-54(38-43)50-20-8-12-24-58(50)68(62)47-17-5-2-6-18-47/h1-45H;1-8,11-12,15-20,23-24,27-41,51-52,59-60H,9-10,13-14,21-22,25-26H2. The predicted molar refractivity (Wildman–Crippen MR) is 618 cm³/mol. The Morgan fingerprint density at radius 1 is 0.169 bits per heavy atom. The number of para-hydroxylation sites is 8. The molecule has 10 nitrogen and oxygen atoms in total. The van der Waals surface area contributed by atoms with Crippen LogP contribution >= 0.6 is 0 Å². The van der Waals surface area contributed by atoms with E-state index in [9.17, 15) is 0 Å². The van der Waals surface area contributed by atoms with Crippen molar-refractivity contribution in [2.45, 2.75) is 75.3 Å². The summed E-state index contributed by atoms with van der Waals surface area (Å²) < 4.78 is 14.3. The molecule has 20 aromatic carbocycles. The third-order valence-corrected chi connectivity index (χ3v) is 33.3. The second-order valence-electron chi connectivity index (χ2n) is 41.2. The minimum absolute atomic E-state index is 0.423. The van der Waals surface area contributed by atoms with Gasteiger partial charge < -0.3 is 32.6 Å². The largest absolute Gasteiger partial charge is 0.336 e. The molecule has 8 aromatic heterocycles. The molecule has 0 radical (unpaired) electrons. The average molecular weight is 1900 g/mol. The Hall–Kier alpha value is -18.4. The molecule has 0 bridgehead atoms. The number of anilines is 4. The van der Waals surface area contributed by atoms with Gasteiger partial charge in [-0.25, -0.2) is 9.97 Å². The monoisotopic (exact) mass is 1890 g/mol. The van der Waals surface area contributed by atoms with Gasteiger partial charge in [-0.2, -0.15) is 0 Å². The number of pyridine rings is 2. The van der Waals surface area contributed by atoms with Crippen molar-refractivity contribution >= 4 is 175 Å². The fourth-order valence-electron chi connectivity index (χ4n) is 26.7. The molecule has 32 rings (SSSR count). The maximum atomic E-state index is 5.40. The van der Waals surface area contributed by atoms with Gasteiger partial charge in [-0.3, -0.25) is 4.57 Å². The minimum Gasteiger partial charge on any atom is -0.336 e. The van der Waals surface area contributed by atoms with Gasteiger partial charge in [0.25, 0.3) is 0 Å². The first-order chi connectivity index (χ1) is 73.4. The summed E-state index contributed by atoms with van der Waals surface area (Å²) in [5.41, 5.74) is 36.7. The van der Waals surface area contributed by atoms with Gasteiger partial charge in [0.2, 0.25) is 0 Å². The Bertz CT molecular complexity index is 9710. The average Bonchev–Trinajstić information content (AvgIpc) is 1.56. The van der Waals surface area contributed by atoms with Crippen molar-refractivity contribution in [1.29, 1.82) is 0 Å². The molecule has 2 aliphatic heterocycles. The highest BCUT2D eigenvalue weighted by atomic mass is 15.3. The van der Waals surface area contributed by atoms with E-state index < -0.39 is 0 Å². The summed E-state index contributed by atoms with van der Waals surface area (Å²) in [5.74, 6) is 2.95. The molecule has 2 saturated carbocycles. The van der Waals surface area contributed by atoms with Gasteiger partial charge in [0.1, 0.15) is 11.6 Å². The van der Waals surface area contributed by atoms with Crippen molar-refractivity contribution in [3.05, 3.63) is 485 Å². The van der Waals surface area contributed by atoms with Crippen molar-refractivity contribution < 1.29 is 0 Å². The Labute approximate surface area is 855 Å². The smallest absolute Gasteiger partial charge is 0.137 e. The Morgan fingerprint density at radius 2 is 0.432 bits per heavy atom. The van der Waals surface area contributed by atoms with Gasteiger partial charge in [-0.1, -0.05) is 268 Å². The highest BCUT2D eigenvalue weighted by Crippen LogP contribution is 2.56. The first-order valence-corrected chi connectivity index (χ1v) is 52.5. The van der Waals surface area contributed by atoms with E-state index in [0.29, 0.717) is 23.9 Å². The zero-order valence-corrected chi connectivity index (χ0v) is 81.5. The summed E-state index contributed by atoms with van der Waals surface area (Å²) in [4.78, 5) is 16.0. The predicted octanol–water partition coefficient (Wildman–Crippen LogP) is 36.1. The molecule has 10 heterocycles. The van der Waals surface area contributed by atoms with Crippen LogP contribution in [0.5, 0.6) is 0 Å². The van der Waals surface area contributed by atoms with Gasteiger partial charge in [0, 0.05) is 123 Å². The Kier molecular flexibility index (Phi) is 19.1. The summed E-state index contributed by atoms with van der Waals surface area (Å²) in [5, 5.41) is 19.8. The Balaban J connectivity index is 0.000000135. The molecule has 700 valence electrons. The fourth-order valence-corrected chi connectivity index (χ4v) is 26.7. The van der Waals surface area contributed by atoms with E-state index in [0.717, 1.165) is 50.8 Å². The third-order valence-electron chi connectivity index (χ3n) is 33.3. The summed E-state index contributed by atoms with van der Waals surface area (Å²) >= 11 is 0. The number of hydrogen-bond donors (Lipinski definition) is 0. The first kappa shape index (κ1) is 84.2. The van der Waals surface area contributed by atoms with Crippen LogP contribution in [0.25, 0.3) is 231 Å². The van der Waals surface area contributed by atoms with Crippen LogP contribution in [0.15, 0.2) is 473 Å². The Morgan fingerprint density at radius 3 is 0.797 bits per heavy atom. The van der Waals surface area contributed by atoms with Gasteiger partial charge in [-0.15, -0.1) is 0 Å². The summed E-state index contributed by atoms with van der Waals surface area (Å²) in [6.45, 7) is 0. The lowest BCUT2D eigenvalue weighted by Crippen LogP contribution is -2.33. The van der Waals surface area contributed by atoms with Crippen molar-refractivity contribution in [2.24, 2.45) is 0 Å². The van der Waals surface area contributed by atoms with Crippen LogP contribution in [-0.4, -0.2) is 49.5 Å². The van der Waals surface area contributed by atoms with E-state index in [-0.39, 0.29) is 0 Å². The molecule has 148 heavy (non-hydrogen) atoms. The van der Waals surface area contributed by atoms with Crippen LogP contribution in [0.3, 0.4) is 0 Å². The van der Waals surface area contributed by atoms with Crippen LogP contribution in [0.4, 0.5) is 22.9 Å². The van der Waals surface area contributed by atoms with E-state index >= 15 is 0 Å². The lowest BCUT2D eigenvalue weighted by molar-refractivity contribution is 0.400. The molecule has 28 aromatic rings. The molecule has 4 atom stereocenters. The number of benzene rings is 20. The van der Waals surface area contributed by atoms with Crippen LogP contribution in [0.1, 0.15) is 74.3 Å². The van der Waals surface area contributed by atoms with Crippen LogP contribution in [0, 0.1) is 0 Å². The second-order valence-corrected chi connectivity index (χ2v) is 41.2. The number of fused-ring (bicyclic) bond motifs is 26. The topological polar surface area (TPSA) is 61.8 Å². The fraction of sp³-hybridized carbons (Fsp3) is 0.0870. The minimum atomic E-state index is 0.423. The lowest BCUT2D eigenvalue weighted by Gasteiger charge is -2.34. The van der Waals surface area contributed by atoms with Crippen LogP contribution in [-0.2, 0) is 0 Å². The van der Waals surface area contributed by atoms with Gasteiger partial charge >= 0.3 is 0 Å². The number of nitrogens with zero attached hydrogens (tertiary/aromatic N) is 10. The molecule has 2 aliphatic carbocycles. The van der Waals surface area contributed by atoms with Crippen molar-refractivity contribution in [3.63, 3.8) is 0 Å². The highest BCUT2D eigenvalue weighted by Gasteiger charge is 2.44. The zero-order chi connectivity index (χ0) is 96.9. The van der Waals surface area contributed by atoms with E-state index in [1.807, 2.05) is 0 Å². The SMILES string of the molecule is c1ccc(-n2c3ccccc3c3cc(-c4ccc5c(c4)C4CCCCC4N5c4ccc(N5c6ccc(-c7ccc8c(c7)c7ccccc7n8-c7ccccc7)cc6C6CCCCC65)nc4)ccc32)cc1.c1ccc(-n2c3ccccc3c3cc(-c4ccc5c(c4)c4cc6ccccc6cc4n5-c4ccc(-n5c6ccc(-c7ccc8c(c7)c7ccccc7n8-c7ccccc7)cc6c6cc7ccccc7cc65)nc4)ccc32)cc1. The number of rotatable bonds is 12. The van der Waals surface area contributed by atoms with Crippen molar-refractivity contribution in [1.82, 2.24) is 37.4 Å². The molecule has 0 amide bonds. The molecule has 4 unspecified atom stereocenters. The molecule has 4 aliphatic rings. The quantitative estimate of drug-likeness (QED) is 0.122. The van der Waals surface area contributed by atoms with E-state index in [2.05, 4.69) is 511 Å². The number of hydrogen-bond acceptors (Lipinski definition) is 4. The molecule has 0 N–H and O–H groups in total. The summed E-state index contributed by atoms with van der Waals surface area (Å²) in [6, 6.07) is 171. The maximum absolute atomic E-state index is 5.40. The van der Waals surface area contributed by atoms with Gasteiger partial charge in [-0.05, 0) is 321 Å². The zero-order valence-electron chi connectivity index (χ0n) is 81.5.